The summed E-state index contributed by atoms with van der Waals surface area (Å²) in [7, 11) is 0. The number of nitrogens with zero attached hydrogens (tertiary/aromatic N) is 2. The van der Waals surface area contributed by atoms with E-state index in [2.05, 4.69) is 97.7 Å². The van der Waals surface area contributed by atoms with Crippen molar-refractivity contribution >= 4 is 16.6 Å². The van der Waals surface area contributed by atoms with Gasteiger partial charge in [-0.15, -0.1) is 0 Å². The largest absolute Gasteiger partial charge is 0.373 e. The van der Waals surface area contributed by atoms with Gasteiger partial charge in [-0.1, -0.05) is 46.1 Å². The number of hydrogen-bond acceptors (Lipinski definition) is 2. The highest BCUT2D eigenvalue weighted by Crippen LogP contribution is 2.22. The van der Waals surface area contributed by atoms with Gasteiger partial charge < -0.3 is 9.88 Å². The van der Waals surface area contributed by atoms with Gasteiger partial charge in [0.2, 0.25) is 0 Å². The average Bonchev–Trinajstić information content (AvgIpc) is 3.01. The van der Waals surface area contributed by atoms with E-state index in [0.29, 0.717) is 6.54 Å². The van der Waals surface area contributed by atoms with Gasteiger partial charge in [0, 0.05) is 28.6 Å². The number of benzene rings is 1. The zero-order valence-electron chi connectivity index (χ0n) is 17.8. The fourth-order valence-corrected chi connectivity index (χ4v) is 3.43. The molecular formula is C25H31N3. The van der Waals surface area contributed by atoms with Crippen LogP contribution in [0.5, 0.6) is 0 Å². The first-order valence-electron chi connectivity index (χ1n) is 10.2. The van der Waals surface area contributed by atoms with Crippen LogP contribution < -0.4 is 5.32 Å². The van der Waals surface area contributed by atoms with E-state index in [0.717, 1.165) is 30.0 Å². The molecule has 0 saturated carbocycles. The van der Waals surface area contributed by atoms with Gasteiger partial charge in [-0.25, -0.2) is 0 Å². The molecule has 0 spiro atoms. The Hall–Kier alpha value is -2.73. The molecule has 3 rings (SSSR count). The Labute approximate surface area is 169 Å². The van der Waals surface area contributed by atoms with E-state index >= 15 is 0 Å². The number of rotatable bonds is 5. The van der Waals surface area contributed by atoms with Crippen LogP contribution in [0.2, 0.25) is 0 Å². The predicted octanol–water partition coefficient (Wildman–Crippen LogP) is 5.77. The standard InChI is InChI=1S/C25H31N3/c1-6-9-19-11-13-23-20(16-19)17-22(28(23)7-2)10-8-15-26-21-12-14-24(27-18-21)25(3,4)5/h11-14,16-18,26H,6-7,9,15H2,1-5H3. The van der Waals surface area contributed by atoms with Gasteiger partial charge in [-0.2, -0.15) is 0 Å². The summed E-state index contributed by atoms with van der Waals surface area (Å²) >= 11 is 0. The molecule has 0 aliphatic rings. The first kappa shape index (κ1) is 20.0. The Kier molecular flexibility index (Phi) is 6.09. The third-order valence-corrected chi connectivity index (χ3v) is 4.95. The van der Waals surface area contributed by atoms with Crippen LogP contribution in [0.4, 0.5) is 5.69 Å². The van der Waals surface area contributed by atoms with E-state index in [4.69, 9.17) is 0 Å². The highest BCUT2D eigenvalue weighted by Gasteiger charge is 2.14. The Morgan fingerprint density at radius 2 is 1.89 bits per heavy atom. The Morgan fingerprint density at radius 3 is 2.54 bits per heavy atom. The third kappa shape index (κ3) is 4.57. The molecule has 0 fully saturated rings. The van der Waals surface area contributed by atoms with E-state index in [1.54, 1.807) is 0 Å². The smallest absolute Gasteiger partial charge is 0.0931 e. The van der Waals surface area contributed by atoms with Gasteiger partial charge in [0.25, 0.3) is 0 Å². The van der Waals surface area contributed by atoms with E-state index in [-0.39, 0.29) is 5.41 Å². The second kappa shape index (κ2) is 8.52. The van der Waals surface area contributed by atoms with Crippen molar-refractivity contribution in [3.05, 3.63) is 59.5 Å². The molecule has 0 aliphatic heterocycles. The Balaban J connectivity index is 1.72. The van der Waals surface area contributed by atoms with Crippen LogP contribution in [0, 0.1) is 11.8 Å². The molecule has 3 heteroatoms. The van der Waals surface area contributed by atoms with Crippen molar-refractivity contribution < 1.29 is 0 Å². The molecule has 0 saturated heterocycles. The van der Waals surface area contributed by atoms with Crippen molar-refractivity contribution in [2.75, 3.05) is 11.9 Å². The first-order chi connectivity index (χ1) is 13.4. The number of aryl methyl sites for hydroxylation is 2. The fourth-order valence-electron chi connectivity index (χ4n) is 3.43. The van der Waals surface area contributed by atoms with E-state index in [1.165, 1.54) is 22.9 Å². The molecule has 0 radical (unpaired) electrons. The normalized spacial score (nSPS) is 11.3. The maximum atomic E-state index is 4.55. The summed E-state index contributed by atoms with van der Waals surface area (Å²) in [5, 5.41) is 4.63. The quantitative estimate of drug-likeness (QED) is 0.575. The molecule has 0 unspecified atom stereocenters. The van der Waals surface area contributed by atoms with Gasteiger partial charge in [-0.3, -0.25) is 4.98 Å². The molecule has 1 aromatic carbocycles. The van der Waals surface area contributed by atoms with Crippen LogP contribution in [-0.2, 0) is 18.4 Å². The van der Waals surface area contributed by atoms with Gasteiger partial charge in [0.05, 0.1) is 24.1 Å². The lowest BCUT2D eigenvalue weighted by Crippen LogP contribution is -2.13. The minimum absolute atomic E-state index is 0.0723. The summed E-state index contributed by atoms with van der Waals surface area (Å²) < 4.78 is 2.29. The van der Waals surface area contributed by atoms with Crippen molar-refractivity contribution in [1.29, 1.82) is 0 Å². The topological polar surface area (TPSA) is 29.9 Å². The van der Waals surface area contributed by atoms with Gasteiger partial charge in [0.15, 0.2) is 0 Å². The number of pyridine rings is 1. The molecule has 3 nitrogen and oxygen atoms in total. The van der Waals surface area contributed by atoms with Crippen molar-refractivity contribution in [2.45, 2.75) is 59.4 Å². The minimum Gasteiger partial charge on any atom is -0.373 e. The summed E-state index contributed by atoms with van der Waals surface area (Å²) in [6.45, 7) is 12.4. The van der Waals surface area contributed by atoms with E-state index < -0.39 is 0 Å². The average molecular weight is 374 g/mol. The highest BCUT2D eigenvalue weighted by molar-refractivity contribution is 5.83. The predicted molar refractivity (Wildman–Crippen MR) is 120 cm³/mol. The maximum Gasteiger partial charge on any atom is 0.0931 e. The number of nitrogens with one attached hydrogen (secondary N) is 1. The molecule has 0 amide bonds. The number of hydrogen-bond donors (Lipinski definition) is 1. The molecule has 0 aliphatic carbocycles. The third-order valence-electron chi connectivity index (χ3n) is 4.95. The molecule has 1 N–H and O–H groups in total. The summed E-state index contributed by atoms with van der Waals surface area (Å²) in [4.78, 5) is 4.55. The SMILES string of the molecule is CCCc1ccc2c(c1)cc(C#CCNc1ccc(C(C)(C)C)nc1)n2CC. The minimum atomic E-state index is 0.0723. The maximum absolute atomic E-state index is 4.55. The van der Waals surface area contributed by atoms with E-state index in [9.17, 15) is 0 Å². The number of anilines is 1. The van der Waals surface area contributed by atoms with Crippen molar-refractivity contribution in [1.82, 2.24) is 9.55 Å². The van der Waals surface area contributed by atoms with Crippen LogP contribution in [0.15, 0.2) is 42.6 Å². The molecule has 0 bridgehead atoms. The molecular weight excluding hydrogens is 342 g/mol. The van der Waals surface area contributed by atoms with Crippen molar-refractivity contribution in [3.63, 3.8) is 0 Å². The number of aromatic nitrogens is 2. The molecule has 3 aromatic rings. The summed E-state index contributed by atoms with van der Waals surface area (Å²) in [5.41, 5.74) is 5.91. The van der Waals surface area contributed by atoms with Gasteiger partial charge in [0.1, 0.15) is 0 Å². The van der Waals surface area contributed by atoms with Crippen LogP contribution in [0.1, 0.15) is 58.0 Å². The lowest BCUT2D eigenvalue weighted by atomic mass is 9.92. The Bertz CT molecular complexity index is 992. The van der Waals surface area contributed by atoms with Crippen LogP contribution in [0.25, 0.3) is 10.9 Å². The van der Waals surface area contributed by atoms with Crippen LogP contribution in [-0.4, -0.2) is 16.1 Å². The van der Waals surface area contributed by atoms with Crippen molar-refractivity contribution in [2.24, 2.45) is 0 Å². The van der Waals surface area contributed by atoms with Crippen molar-refractivity contribution in [3.8, 4) is 11.8 Å². The lowest BCUT2D eigenvalue weighted by molar-refractivity contribution is 0.569. The zero-order valence-corrected chi connectivity index (χ0v) is 17.8. The molecule has 2 heterocycles. The van der Waals surface area contributed by atoms with E-state index in [1.807, 2.05) is 6.20 Å². The lowest BCUT2D eigenvalue weighted by Gasteiger charge is -2.17. The molecule has 2 aromatic heterocycles. The highest BCUT2D eigenvalue weighted by atomic mass is 15.0. The molecule has 28 heavy (non-hydrogen) atoms. The second-order valence-corrected chi connectivity index (χ2v) is 8.25. The van der Waals surface area contributed by atoms with Gasteiger partial charge in [-0.05, 0) is 55.2 Å². The monoisotopic (exact) mass is 373 g/mol. The first-order valence-corrected chi connectivity index (χ1v) is 10.2. The zero-order chi connectivity index (χ0) is 20.1. The molecule has 146 valence electrons. The summed E-state index contributed by atoms with van der Waals surface area (Å²) in [5.74, 6) is 6.60. The van der Waals surface area contributed by atoms with Crippen LogP contribution in [0.3, 0.4) is 0 Å². The summed E-state index contributed by atoms with van der Waals surface area (Å²) in [6, 6.07) is 13.1. The second-order valence-electron chi connectivity index (χ2n) is 8.25. The Morgan fingerprint density at radius 1 is 1.07 bits per heavy atom. The molecule has 0 atom stereocenters. The van der Waals surface area contributed by atoms with Crippen LogP contribution >= 0.6 is 0 Å². The summed E-state index contributed by atoms with van der Waals surface area (Å²) in [6.07, 6.45) is 4.19. The van der Waals surface area contributed by atoms with Gasteiger partial charge >= 0.3 is 0 Å². The number of fused-ring (bicyclic) bond motifs is 1. The fraction of sp³-hybridized carbons (Fsp3) is 0.400.